The number of carbonyl (C=O) groups is 2. The van der Waals surface area contributed by atoms with Crippen LogP contribution in [0.2, 0.25) is 5.02 Å². The highest BCUT2D eigenvalue weighted by Crippen LogP contribution is 2.27. The van der Waals surface area contributed by atoms with Gasteiger partial charge in [0, 0.05) is 11.6 Å². The van der Waals surface area contributed by atoms with Crippen molar-refractivity contribution in [1.82, 2.24) is 5.32 Å². The standard InChI is InChI=1S/C12H15ClN2O4/c1-18-10-4-3-8(13)7-9(10)15-12(17)14-6-5-11(16)19-2/h3-4,7H,5-6H2,1-2H3,(H2,14,15,17). The molecule has 2 amide bonds. The number of carbonyl (C=O) groups excluding carboxylic acids is 2. The number of amides is 2. The number of rotatable bonds is 5. The molecule has 0 aliphatic carbocycles. The van der Waals surface area contributed by atoms with Crippen molar-refractivity contribution in [3.05, 3.63) is 23.2 Å². The van der Waals surface area contributed by atoms with E-state index in [0.29, 0.717) is 16.5 Å². The molecule has 7 heteroatoms. The Labute approximate surface area is 116 Å². The van der Waals surface area contributed by atoms with Gasteiger partial charge in [0.1, 0.15) is 5.75 Å². The monoisotopic (exact) mass is 286 g/mol. The number of ether oxygens (including phenoxy) is 2. The van der Waals surface area contributed by atoms with Crippen LogP contribution >= 0.6 is 11.6 Å². The molecule has 0 saturated heterocycles. The molecule has 0 aliphatic rings. The van der Waals surface area contributed by atoms with Crippen molar-refractivity contribution < 1.29 is 19.1 Å². The number of hydrogen-bond donors (Lipinski definition) is 2. The van der Waals surface area contributed by atoms with Crippen molar-refractivity contribution in [3.8, 4) is 5.75 Å². The third-order valence-corrected chi connectivity index (χ3v) is 2.49. The van der Waals surface area contributed by atoms with Gasteiger partial charge in [-0.2, -0.15) is 0 Å². The Balaban J connectivity index is 2.52. The smallest absolute Gasteiger partial charge is 0.319 e. The van der Waals surface area contributed by atoms with Crippen molar-refractivity contribution in [2.45, 2.75) is 6.42 Å². The number of hydrogen-bond acceptors (Lipinski definition) is 4. The number of methoxy groups -OCH3 is 2. The summed E-state index contributed by atoms with van der Waals surface area (Å²) in [6, 6.07) is 4.41. The molecule has 104 valence electrons. The van der Waals surface area contributed by atoms with Gasteiger partial charge in [0.2, 0.25) is 0 Å². The van der Waals surface area contributed by atoms with E-state index in [1.807, 2.05) is 0 Å². The fourth-order valence-electron chi connectivity index (χ4n) is 1.32. The number of benzene rings is 1. The van der Waals surface area contributed by atoms with E-state index < -0.39 is 6.03 Å². The van der Waals surface area contributed by atoms with E-state index in [4.69, 9.17) is 16.3 Å². The molecule has 1 aromatic rings. The van der Waals surface area contributed by atoms with E-state index in [2.05, 4.69) is 15.4 Å². The molecule has 0 heterocycles. The Kier molecular flexibility index (Phi) is 5.95. The summed E-state index contributed by atoms with van der Waals surface area (Å²) in [5.74, 6) is 0.105. The van der Waals surface area contributed by atoms with Crippen LogP contribution < -0.4 is 15.4 Å². The lowest BCUT2D eigenvalue weighted by atomic mass is 10.3. The van der Waals surface area contributed by atoms with E-state index in [1.165, 1.54) is 14.2 Å². The highest BCUT2D eigenvalue weighted by atomic mass is 35.5. The van der Waals surface area contributed by atoms with Gasteiger partial charge in [-0.25, -0.2) is 4.79 Å². The average molecular weight is 287 g/mol. The van der Waals surface area contributed by atoms with Gasteiger partial charge < -0.3 is 20.1 Å². The highest BCUT2D eigenvalue weighted by Gasteiger charge is 2.08. The average Bonchev–Trinajstić information content (AvgIpc) is 2.38. The molecule has 6 nitrogen and oxygen atoms in total. The lowest BCUT2D eigenvalue weighted by molar-refractivity contribution is -0.140. The first-order valence-corrected chi connectivity index (χ1v) is 5.90. The van der Waals surface area contributed by atoms with Crippen LogP contribution in [0, 0.1) is 0 Å². The number of halogens is 1. The zero-order valence-corrected chi connectivity index (χ0v) is 11.4. The molecular formula is C12H15ClN2O4. The summed E-state index contributed by atoms with van der Waals surface area (Å²) in [5, 5.41) is 5.58. The van der Waals surface area contributed by atoms with Crippen LogP contribution in [0.4, 0.5) is 10.5 Å². The number of nitrogens with one attached hydrogen (secondary N) is 2. The van der Waals surface area contributed by atoms with Crippen LogP contribution in [0.1, 0.15) is 6.42 Å². The second-order valence-electron chi connectivity index (χ2n) is 3.55. The summed E-state index contributed by atoms with van der Waals surface area (Å²) in [5.41, 5.74) is 0.450. The molecule has 0 aliphatic heterocycles. The zero-order chi connectivity index (χ0) is 14.3. The molecule has 0 atom stereocenters. The number of esters is 1. The van der Waals surface area contributed by atoms with Crippen molar-refractivity contribution in [3.63, 3.8) is 0 Å². The van der Waals surface area contributed by atoms with Crippen LogP contribution in [0.25, 0.3) is 0 Å². The Hall–Kier alpha value is -1.95. The number of anilines is 1. The highest BCUT2D eigenvalue weighted by molar-refractivity contribution is 6.31. The third-order valence-electron chi connectivity index (χ3n) is 2.25. The van der Waals surface area contributed by atoms with Gasteiger partial charge in [-0.3, -0.25) is 4.79 Å². The molecule has 1 rings (SSSR count). The van der Waals surface area contributed by atoms with Gasteiger partial charge in [0.05, 0.1) is 26.3 Å². The normalized spacial score (nSPS) is 9.63. The van der Waals surface area contributed by atoms with Gasteiger partial charge in [0.25, 0.3) is 0 Å². The van der Waals surface area contributed by atoms with Crippen molar-refractivity contribution in [2.24, 2.45) is 0 Å². The molecule has 0 radical (unpaired) electrons. The van der Waals surface area contributed by atoms with Gasteiger partial charge in [-0.1, -0.05) is 11.6 Å². The zero-order valence-electron chi connectivity index (χ0n) is 10.7. The fraction of sp³-hybridized carbons (Fsp3) is 0.333. The molecule has 2 N–H and O–H groups in total. The number of urea groups is 1. The molecule has 0 fully saturated rings. The van der Waals surface area contributed by atoms with E-state index in [0.717, 1.165) is 0 Å². The molecule has 0 bridgehead atoms. The SMILES string of the molecule is COC(=O)CCNC(=O)Nc1cc(Cl)ccc1OC. The van der Waals surface area contributed by atoms with Crippen LogP contribution in [-0.2, 0) is 9.53 Å². The van der Waals surface area contributed by atoms with Gasteiger partial charge in [-0.05, 0) is 18.2 Å². The van der Waals surface area contributed by atoms with E-state index in [9.17, 15) is 9.59 Å². The van der Waals surface area contributed by atoms with Crippen molar-refractivity contribution in [2.75, 3.05) is 26.1 Å². The molecule has 1 aromatic carbocycles. The van der Waals surface area contributed by atoms with E-state index in [-0.39, 0.29) is 18.9 Å². The predicted octanol–water partition coefficient (Wildman–Crippen LogP) is 2.03. The summed E-state index contributed by atoms with van der Waals surface area (Å²) >= 11 is 5.83. The maximum atomic E-state index is 11.6. The minimum atomic E-state index is -0.454. The lowest BCUT2D eigenvalue weighted by Crippen LogP contribution is -2.30. The van der Waals surface area contributed by atoms with E-state index >= 15 is 0 Å². The topological polar surface area (TPSA) is 76.7 Å². The minimum Gasteiger partial charge on any atom is -0.495 e. The molecule has 19 heavy (non-hydrogen) atoms. The summed E-state index contributed by atoms with van der Waals surface area (Å²) in [7, 11) is 2.78. The lowest BCUT2D eigenvalue weighted by Gasteiger charge is -2.11. The van der Waals surface area contributed by atoms with Gasteiger partial charge >= 0.3 is 12.0 Å². The maximum absolute atomic E-state index is 11.6. The van der Waals surface area contributed by atoms with Crippen molar-refractivity contribution in [1.29, 1.82) is 0 Å². The van der Waals surface area contributed by atoms with Crippen molar-refractivity contribution >= 4 is 29.3 Å². The third kappa shape index (κ3) is 5.05. The summed E-state index contributed by atoms with van der Waals surface area (Å²) in [6.45, 7) is 0.182. The Morgan fingerprint density at radius 2 is 2.05 bits per heavy atom. The largest absolute Gasteiger partial charge is 0.495 e. The second kappa shape index (κ2) is 7.48. The summed E-state index contributed by atoms with van der Waals surface area (Å²) in [4.78, 5) is 22.5. The quantitative estimate of drug-likeness (QED) is 0.812. The van der Waals surface area contributed by atoms with Gasteiger partial charge in [0.15, 0.2) is 0 Å². The summed E-state index contributed by atoms with van der Waals surface area (Å²) in [6.07, 6.45) is 0.108. The molecule has 0 unspecified atom stereocenters. The predicted molar refractivity (Wildman–Crippen MR) is 71.7 cm³/mol. The molecule has 0 spiro atoms. The molecular weight excluding hydrogens is 272 g/mol. The molecule has 0 saturated carbocycles. The summed E-state index contributed by atoms with van der Waals surface area (Å²) < 4.78 is 9.54. The van der Waals surface area contributed by atoms with Gasteiger partial charge in [-0.15, -0.1) is 0 Å². The van der Waals surface area contributed by atoms with Crippen LogP contribution in [0.5, 0.6) is 5.75 Å². The Morgan fingerprint density at radius 1 is 1.32 bits per heavy atom. The first kappa shape index (κ1) is 15.1. The molecule has 0 aromatic heterocycles. The van der Waals surface area contributed by atoms with Crippen LogP contribution in [0.3, 0.4) is 0 Å². The maximum Gasteiger partial charge on any atom is 0.319 e. The Bertz CT molecular complexity index is 465. The Morgan fingerprint density at radius 3 is 2.68 bits per heavy atom. The minimum absolute atomic E-state index is 0.108. The van der Waals surface area contributed by atoms with E-state index in [1.54, 1.807) is 18.2 Å². The fourth-order valence-corrected chi connectivity index (χ4v) is 1.50. The first-order valence-electron chi connectivity index (χ1n) is 5.52. The van der Waals surface area contributed by atoms with Crippen LogP contribution in [0.15, 0.2) is 18.2 Å². The first-order chi connectivity index (χ1) is 9.06. The van der Waals surface area contributed by atoms with Crippen LogP contribution in [-0.4, -0.2) is 32.8 Å². The second-order valence-corrected chi connectivity index (χ2v) is 3.99.